The van der Waals surface area contributed by atoms with Gasteiger partial charge < -0.3 is 15.3 Å². The van der Waals surface area contributed by atoms with Gasteiger partial charge in [-0.2, -0.15) is 0 Å². The predicted molar refractivity (Wildman–Crippen MR) is 70.8 cm³/mol. The van der Waals surface area contributed by atoms with E-state index in [1.54, 1.807) is 0 Å². The molecule has 0 fully saturated rings. The summed E-state index contributed by atoms with van der Waals surface area (Å²) in [5.74, 6) is 0. The van der Waals surface area contributed by atoms with E-state index in [0.717, 1.165) is 13.0 Å². The molecule has 0 aliphatic carbocycles. The van der Waals surface area contributed by atoms with Gasteiger partial charge in [-0.25, -0.2) is 0 Å². The number of aliphatic hydroxyl groups is 1. The number of aliphatic hydroxyl groups excluding tert-OH is 1. The lowest BCUT2D eigenvalue weighted by atomic mass is 10.1. The van der Waals surface area contributed by atoms with E-state index in [-0.39, 0.29) is 12.6 Å². The molecule has 16 heavy (non-hydrogen) atoms. The summed E-state index contributed by atoms with van der Waals surface area (Å²) >= 11 is 0. The van der Waals surface area contributed by atoms with Crippen molar-refractivity contribution in [3.8, 4) is 0 Å². The molecule has 2 N–H and O–H groups in total. The lowest BCUT2D eigenvalue weighted by Crippen LogP contribution is -2.39. The summed E-state index contributed by atoms with van der Waals surface area (Å²) in [4.78, 5) is 2.55. The minimum Gasteiger partial charge on any atom is -0.395 e. The maximum Gasteiger partial charge on any atom is 0.0585 e. The molecule has 0 spiro atoms. The van der Waals surface area contributed by atoms with Crippen LogP contribution in [-0.4, -0.2) is 48.8 Å². The number of unbranched alkanes of at least 4 members (excludes halogenated alkanes) is 1. The Hall–Kier alpha value is -0.120. The Morgan fingerprint density at radius 3 is 2.38 bits per heavy atom. The Kier molecular flexibility index (Phi) is 9.99. The minimum atomic E-state index is 0.235. The number of hydrogen-bond donors (Lipinski definition) is 2. The van der Waals surface area contributed by atoms with Crippen LogP contribution in [0.4, 0.5) is 0 Å². The maximum atomic E-state index is 9.13. The smallest absolute Gasteiger partial charge is 0.0585 e. The van der Waals surface area contributed by atoms with E-state index in [9.17, 15) is 0 Å². The highest BCUT2D eigenvalue weighted by atomic mass is 16.3. The molecule has 0 amide bonds. The highest BCUT2D eigenvalue weighted by Gasteiger charge is 2.13. The van der Waals surface area contributed by atoms with Crippen LogP contribution in [0.5, 0.6) is 0 Å². The van der Waals surface area contributed by atoms with Crippen LogP contribution in [0.15, 0.2) is 0 Å². The van der Waals surface area contributed by atoms with E-state index in [0.29, 0.717) is 6.04 Å². The average molecular weight is 230 g/mol. The number of nitrogens with one attached hydrogen (secondary N) is 1. The van der Waals surface area contributed by atoms with E-state index in [1.165, 1.54) is 25.8 Å². The van der Waals surface area contributed by atoms with Crippen LogP contribution in [0.25, 0.3) is 0 Å². The highest BCUT2D eigenvalue weighted by molar-refractivity contribution is 4.70. The third-order valence-corrected chi connectivity index (χ3v) is 3.41. The average Bonchev–Trinajstić information content (AvgIpc) is 2.33. The largest absolute Gasteiger partial charge is 0.395 e. The standard InChI is InChI=1S/C13H30N2O/c1-5-7-9-15(12(3)6-2)10-8-13(11-16)14-4/h12-14,16H,5-11H2,1-4H3. The van der Waals surface area contributed by atoms with E-state index in [2.05, 4.69) is 31.0 Å². The summed E-state index contributed by atoms with van der Waals surface area (Å²) in [5.41, 5.74) is 0. The van der Waals surface area contributed by atoms with Crippen LogP contribution >= 0.6 is 0 Å². The Morgan fingerprint density at radius 2 is 1.94 bits per heavy atom. The fourth-order valence-electron chi connectivity index (χ4n) is 1.82. The van der Waals surface area contributed by atoms with Crippen molar-refractivity contribution in [3.05, 3.63) is 0 Å². The number of rotatable bonds is 10. The molecule has 0 rings (SSSR count). The zero-order chi connectivity index (χ0) is 12.4. The van der Waals surface area contributed by atoms with Gasteiger partial charge in [0.15, 0.2) is 0 Å². The third kappa shape index (κ3) is 6.46. The number of hydrogen-bond acceptors (Lipinski definition) is 3. The van der Waals surface area contributed by atoms with Crippen LogP contribution in [-0.2, 0) is 0 Å². The molecule has 0 bridgehead atoms. The summed E-state index contributed by atoms with van der Waals surface area (Å²) < 4.78 is 0. The molecule has 3 heteroatoms. The molecule has 0 heterocycles. The van der Waals surface area contributed by atoms with Crippen LogP contribution in [0.1, 0.15) is 46.5 Å². The van der Waals surface area contributed by atoms with Crippen LogP contribution < -0.4 is 5.32 Å². The minimum absolute atomic E-state index is 0.235. The molecule has 0 aromatic carbocycles. The number of likely N-dealkylation sites (N-methyl/N-ethyl adjacent to an activating group) is 1. The van der Waals surface area contributed by atoms with Crippen LogP contribution in [0.3, 0.4) is 0 Å². The molecule has 0 aromatic rings. The van der Waals surface area contributed by atoms with Crippen molar-refractivity contribution in [2.45, 2.75) is 58.5 Å². The molecule has 0 saturated heterocycles. The maximum absolute atomic E-state index is 9.13. The summed E-state index contributed by atoms with van der Waals surface area (Å²) in [5, 5.41) is 12.3. The van der Waals surface area contributed by atoms with Crippen molar-refractivity contribution in [1.29, 1.82) is 0 Å². The van der Waals surface area contributed by atoms with Crippen molar-refractivity contribution >= 4 is 0 Å². The first-order chi connectivity index (χ1) is 7.69. The first-order valence-electron chi connectivity index (χ1n) is 6.71. The molecule has 0 radical (unpaired) electrons. The van der Waals surface area contributed by atoms with Crippen molar-refractivity contribution < 1.29 is 5.11 Å². The van der Waals surface area contributed by atoms with Gasteiger partial charge >= 0.3 is 0 Å². The second-order valence-electron chi connectivity index (χ2n) is 4.60. The Balaban J connectivity index is 3.99. The zero-order valence-electron chi connectivity index (χ0n) is 11.5. The van der Waals surface area contributed by atoms with Gasteiger partial charge in [0.25, 0.3) is 0 Å². The molecule has 3 nitrogen and oxygen atoms in total. The van der Waals surface area contributed by atoms with Gasteiger partial charge in [0, 0.05) is 12.1 Å². The highest BCUT2D eigenvalue weighted by Crippen LogP contribution is 2.07. The molecule has 2 unspecified atom stereocenters. The number of nitrogens with zero attached hydrogens (tertiary/aromatic N) is 1. The zero-order valence-corrected chi connectivity index (χ0v) is 11.5. The topological polar surface area (TPSA) is 35.5 Å². The summed E-state index contributed by atoms with van der Waals surface area (Å²) in [6, 6.07) is 0.899. The van der Waals surface area contributed by atoms with Crippen LogP contribution in [0.2, 0.25) is 0 Å². The fourth-order valence-corrected chi connectivity index (χ4v) is 1.82. The second-order valence-corrected chi connectivity index (χ2v) is 4.60. The van der Waals surface area contributed by atoms with Crippen molar-refractivity contribution in [2.24, 2.45) is 0 Å². The molecule has 0 aromatic heterocycles. The van der Waals surface area contributed by atoms with E-state index >= 15 is 0 Å². The summed E-state index contributed by atoms with van der Waals surface area (Å²) in [6.07, 6.45) is 4.75. The normalized spacial score (nSPS) is 15.4. The third-order valence-electron chi connectivity index (χ3n) is 3.41. The lowest BCUT2D eigenvalue weighted by Gasteiger charge is -2.29. The summed E-state index contributed by atoms with van der Waals surface area (Å²) in [7, 11) is 1.92. The molecule has 0 aliphatic heterocycles. The second kappa shape index (κ2) is 10.1. The van der Waals surface area contributed by atoms with Gasteiger partial charge in [-0.3, -0.25) is 0 Å². The Labute approximate surface area is 101 Å². The SMILES string of the molecule is CCCCN(CCC(CO)NC)C(C)CC. The monoisotopic (exact) mass is 230 g/mol. The summed E-state index contributed by atoms with van der Waals surface area (Å²) in [6.45, 7) is 9.28. The molecule has 98 valence electrons. The van der Waals surface area contributed by atoms with Crippen molar-refractivity contribution in [1.82, 2.24) is 10.2 Å². The molecule has 0 aliphatic rings. The Bertz CT molecular complexity index is 149. The van der Waals surface area contributed by atoms with Gasteiger partial charge in [0.2, 0.25) is 0 Å². The molecular weight excluding hydrogens is 200 g/mol. The molecular formula is C13H30N2O. The fraction of sp³-hybridized carbons (Fsp3) is 1.00. The van der Waals surface area contributed by atoms with Crippen LogP contribution in [0, 0.1) is 0 Å². The van der Waals surface area contributed by atoms with E-state index in [1.807, 2.05) is 7.05 Å². The van der Waals surface area contributed by atoms with Gasteiger partial charge in [-0.05, 0) is 46.3 Å². The van der Waals surface area contributed by atoms with Gasteiger partial charge in [-0.15, -0.1) is 0 Å². The van der Waals surface area contributed by atoms with Crippen molar-refractivity contribution in [3.63, 3.8) is 0 Å². The van der Waals surface area contributed by atoms with Gasteiger partial charge in [-0.1, -0.05) is 20.3 Å². The van der Waals surface area contributed by atoms with E-state index in [4.69, 9.17) is 5.11 Å². The Morgan fingerprint density at radius 1 is 1.25 bits per heavy atom. The predicted octanol–water partition coefficient (Wildman–Crippen LogP) is 1.86. The van der Waals surface area contributed by atoms with E-state index < -0.39 is 0 Å². The quantitative estimate of drug-likeness (QED) is 0.601. The lowest BCUT2D eigenvalue weighted by molar-refractivity contribution is 0.173. The first-order valence-corrected chi connectivity index (χ1v) is 6.71. The van der Waals surface area contributed by atoms with Gasteiger partial charge in [0.1, 0.15) is 0 Å². The molecule has 2 atom stereocenters. The van der Waals surface area contributed by atoms with Gasteiger partial charge in [0.05, 0.1) is 6.61 Å². The first kappa shape index (κ1) is 15.9. The molecule has 0 saturated carbocycles. The van der Waals surface area contributed by atoms with Crippen molar-refractivity contribution in [2.75, 3.05) is 26.7 Å².